The van der Waals surface area contributed by atoms with E-state index in [1.165, 1.54) is 40.7 Å². The lowest BCUT2D eigenvalue weighted by atomic mass is 9.95. The van der Waals surface area contributed by atoms with Gasteiger partial charge in [0.2, 0.25) is 0 Å². The Balaban J connectivity index is 1.82. The van der Waals surface area contributed by atoms with E-state index in [0.717, 1.165) is 18.8 Å². The van der Waals surface area contributed by atoms with Crippen molar-refractivity contribution in [3.8, 4) is 16.9 Å². The molecule has 1 atom stereocenters. The predicted octanol–water partition coefficient (Wildman–Crippen LogP) is 3.50. The minimum Gasteiger partial charge on any atom is -0.493 e. The summed E-state index contributed by atoms with van der Waals surface area (Å²) in [6.07, 6.45) is 3.42. The van der Waals surface area contributed by atoms with Gasteiger partial charge in [-0.05, 0) is 59.8 Å². The van der Waals surface area contributed by atoms with E-state index in [1.807, 2.05) is 0 Å². The fraction of sp³-hybridized carbons (Fsp3) is 0.333. The third-order valence-electron chi connectivity index (χ3n) is 4.62. The third kappa shape index (κ3) is 1.75. The van der Waals surface area contributed by atoms with Gasteiger partial charge in [0, 0.05) is 12.5 Å². The Morgan fingerprint density at radius 2 is 2.10 bits per heavy atom. The molecule has 0 bridgehead atoms. The Labute approximate surface area is 119 Å². The zero-order valence-corrected chi connectivity index (χ0v) is 11.8. The van der Waals surface area contributed by atoms with Crippen LogP contribution in [0.5, 0.6) is 5.75 Å². The van der Waals surface area contributed by atoms with Gasteiger partial charge in [-0.1, -0.05) is 24.3 Å². The van der Waals surface area contributed by atoms with Gasteiger partial charge in [0.15, 0.2) is 0 Å². The molecule has 0 radical (unpaired) electrons. The second-order valence-electron chi connectivity index (χ2n) is 5.67. The Morgan fingerprint density at radius 3 is 3.00 bits per heavy atom. The molecule has 1 aliphatic carbocycles. The quantitative estimate of drug-likeness (QED) is 0.897. The summed E-state index contributed by atoms with van der Waals surface area (Å²) in [6, 6.07) is 13.9. The SMILES string of the molecule is CNC1CCc2c(-c3ccc4c(c3)CCO4)cccc21. The number of ether oxygens (including phenoxy) is 1. The van der Waals surface area contributed by atoms with Crippen LogP contribution in [0.15, 0.2) is 36.4 Å². The number of rotatable bonds is 2. The molecule has 2 heteroatoms. The topological polar surface area (TPSA) is 21.3 Å². The van der Waals surface area contributed by atoms with Crippen molar-refractivity contribution in [2.45, 2.75) is 25.3 Å². The molecular weight excluding hydrogens is 246 g/mol. The maximum absolute atomic E-state index is 5.61. The highest BCUT2D eigenvalue weighted by atomic mass is 16.5. The summed E-state index contributed by atoms with van der Waals surface area (Å²) >= 11 is 0. The van der Waals surface area contributed by atoms with Gasteiger partial charge in [0.05, 0.1) is 6.61 Å². The van der Waals surface area contributed by atoms with Gasteiger partial charge < -0.3 is 10.1 Å². The van der Waals surface area contributed by atoms with Gasteiger partial charge in [0.1, 0.15) is 5.75 Å². The Hall–Kier alpha value is -1.80. The van der Waals surface area contributed by atoms with Crippen molar-refractivity contribution in [3.05, 3.63) is 53.1 Å². The predicted molar refractivity (Wildman–Crippen MR) is 81.2 cm³/mol. The van der Waals surface area contributed by atoms with Crippen LogP contribution in [0.1, 0.15) is 29.2 Å². The highest BCUT2D eigenvalue weighted by molar-refractivity contribution is 5.71. The lowest BCUT2D eigenvalue weighted by molar-refractivity contribution is 0.357. The second kappa shape index (κ2) is 4.64. The second-order valence-corrected chi connectivity index (χ2v) is 5.67. The van der Waals surface area contributed by atoms with E-state index < -0.39 is 0 Å². The first-order valence-electron chi connectivity index (χ1n) is 7.42. The van der Waals surface area contributed by atoms with Crippen LogP contribution < -0.4 is 10.1 Å². The molecule has 2 nitrogen and oxygen atoms in total. The molecule has 20 heavy (non-hydrogen) atoms. The van der Waals surface area contributed by atoms with E-state index in [0.29, 0.717) is 6.04 Å². The molecule has 0 saturated carbocycles. The monoisotopic (exact) mass is 265 g/mol. The van der Waals surface area contributed by atoms with Gasteiger partial charge in [-0.25, -0.2) is 0 Å². The average molecular weight is 265 g/mol. The summed E-state index contributed by atoms with van der Waals surface area (Å²) < 4.78 is 5.61. The number of nitrogens with one attached hydrogen (secondary N) is 1. The zero-order valence-electron chi connectivity index (χ0n) is 11.8. The zero-order chi connectivity index (χ0) is 13.5. The summed E-state index contributed by atoms with van der Waals surface area (Å²) in [4.78, 5) is 0. The van der Waals surface area contributed by atoms with Crippen LogP contribution in [0.4, 0.5) is 0 Å². The molecule has 2 aliphatic rings. The normalized spacial score (nSPS) is 19.6. The fourth-order valence-corrected chi connectivity index (χ4v) is 3.58. The van der Waals surface area contributed by atoms with Crippen LogP contribution in [0.25, 0.3) is 11.1 Å². The van der Waals surface area contributed by atoms with E-state index in [9.17, 15) is 0 Å². The van der Waals surface area contributed by atoms with Crippen molar-refractivity contribution in [2.24, 2.45) is 0 Å². The van der Waals surface area contributed by atoms with Gasteiger partial charge in [-0.3, -0.25) is 0 Å². The first-order chi connectivity index (χ1) is 9.86. The first-order valence-corrected chi connectivity index (χ1v) is 7.42. The summed E-state index contributed by atoms with van der Waals surface area (Å²) in [7, 11) is 2.05. The number of benzene rings is 2. The van der Waals surface area contributed by atoms with E-state index >= 15 is 0 Å². The molecule has 0 saturated heterocycles. The van der Waals surface area contributed by atoms with E-state index in [-0.39, 0.29) is 0 Å². The number of hydrogen-bond donors (Lipinski definition) is 1. The van der Waals surface area contributed by atoms with Crippen molar-refractivity contribution in [3.63, 3.8) is 0 Å². The van der Waals surface area contributed by atoms with E-state index in [4.69, 9.17) is 4.74 Å². The highest BCUT2D eigenvalue weighted by Gasteiger charge is 2.24. The lowest BCUT2D eigenvalue weighted by Crippen LogP contribution is -2.12. The van der Waals surface area contributed by atoms with Crippen molar-refractivity contribution < 1.29 is 4.74 Å². The number of hydrogen-bond acceptors (Lipinski definition) is 2. The lowest BCUT2D eigenvalue weighted by Gasteiger charge is -2.13. The van der Waals surface area contributed by atoms with E-state index in [2.05, 4.69) is 48.8 Å². The Kier molecular flexibility index (Phi) is 2.78. The smallest absolute Gasteiger partial charge is 0.122 e. The van der Waals surface area contributed by atoms with Crippen molar-refractivity contribution in [1.29, 1.82) is 0 Å². The molecule has 2 aromatic carbocycles. The minimum absolute atomic E-state index is 0.516. The largest absolute Gasteiger partial charge is 0.493 e. The van der Waals surface area contributed by atoms with Crippen LogP contribution in [0, 0.1) is 0 Å². The van der Waals surface area contributed by atoms with Crippen LogP contribution in [0.3, 0.4) is 0 Å². The molecule has 102 valence electrons. The molecule has 0 amide bonds. The third-order valence-corrected chi connectivity index (χ3v) is 4.62. The summed E-state index contributed by atoms with van der Waals surface area (Å²) in [5.41, 5.74) is 7.08. The maximum Gasteiger partial charge on any atom is 0.122 e. The van der Waals surface area contributed by atoms with Crippen molar-refractivity contribution >= 4 is 0 Å². The molecule has 0 fully saturated rings. The Bertz CT molecular complexity index is 662. The molecule has 2 aromatic rings. The molecule has 1 unspecified atom stereocenters. The summed E-state index contributed by atoms with van der Waals surface area (Å²) in [6.45, 7) is 0.827. The molecular formula is C18H19NO. The average Bonchev–Trinajstić information content (AvgIpc) is 3.12. The number of fused-ring (bicyclic) bond motifs is 2. The van der Waals surface area contributed by atoms with Gasteiger partial charge in [0.25, 0.3) is 0 Å². The molecule has 4 rings (SSSR count). The van der Waals surface area contributed by atoms with Crippen LogP contribution >= 0.6 is 0 Å². The minimum atomic E-state index is 0.516. The van der Waals surface area contributed by atoms with Gasteiger partial charge in [-0.2, -0.15) is 0 Å². The fourth-order valence-electron chi connectivity index (χ4n) is 3.58. The molecule has 0 spiro atoms. The van der Waals surface area contributed by atoms with Crippen LogP contribution in [-0.2, 0) is 12.8 Å². The molecule has 1 aliphatic heterocycles. The maximum atomic E-state index is 5.61. The van der Waals surface area contributed by atoms with Crippen molar-refractivity contribution in [1.82, 2.24) is 5.32 Å². The standard InChI is InChI=1S/C18H19NO/c1-19-17-7-6-15-14(3-2-4-16(15)17)12-5-8-18-13(11-12)9-10-20-18/h2-5,8,11,17,19H,6-7,9-10H2,1H3. The molecule has 1 heterocycles. The van der Waals surface area contributed by atoms with Crippen LogP contribution in [-0.4, -0.2) is 13.7 Å². The van der Waals surface area contributed by atoms with Crippen molar-refractivity contribution in [2.75, 3.05) is 13.7 Å². The molecule has 0 aromatic heterocycles. The highest BCUT2D eigenvalue weighted by Crippen LogP contribution is 2.39. The van der Waals surface area contributed by atoms with Gasteiger partial charge >= 0.3 is 0 Å². The summed E-state index contributed by atoms with van der Waals surface area (Å²) in [5, 5.41) is 3.42. The first kappa shape index (κ1) is 12.0. The van der Waals surface area contributed by atoms with Gasteiger partial charge in [-0.15, -0.1) is 0 Å². The molecule has 1 N–H and O–H groups in total. The van der Waals surface area contributed by atoms with Crippen LogP contribution in [0.2, 0.25) is 0 Å². The summed E-state index contributed by atoms with van der Waals surface area (Å²) in [5.74, 6) is 1.06. The van der Waals surface area contributed by atoms with E-state index in [1.54, 1.807) is 0 Å². The Morgan fingerprint density at radius 1 is 1.15 bits per heavy atom.